The van der Waals surface area contributed by atoms with Crippen LogP contribution in [0.2, 0.25) is 0 Å². The van der Waals surface area contributed by atoms with Crippen molar-refractivity contribution in [2.75, 3.05) is 6.54 Å². The lowest BCUT2D eigenvalue weighted by atomic mass is 10.1. The van der Waals surface area contributed by atoms with Crippen molar-refractivity contribution in [1.82, 2.24) is 5.32 Å². The van der Waals surface area contributed by atoms with Gasteiger partial charge in [-0.3, -0.25) is 0 Å². The molecule has 0 aromatic heterocycles. The van der Waals surface area contributed by atoms with Crippen LogP contribution in [0.15, 0.2) is 24.3 Å². The van der Waals surface area contributed by atoms with E-state index in [-0.39, 0.29) is 11.9 Å². The van der Waals surface area contributed by atoms with Crippen molar-refractivity contribution >= 4 is 0 Å². The van der Waals surface area contributed by atoms with Gasteiger partial charge < -0.3 is 15.2 Å². The van der Waals surface area contributed by atoms with E-state index in [1.807, 2.05) is 0 Å². The Balaban J connectivity index is 1.92. The molecule has 2 N–H and O–H groups in total. The molecule has 2 unspecified atom stereocenters. The number of phenols is 1. The molecule has 1 aromatic carbocycles. The summed E-state index contributed by atoms with van der Waals surface area (Å²) in [6, 6.07) is 7.33. The molecule has 0 bridgehead atoms. The third-order valence-electron chi connectivity index (χ3n) is 2.82. The van der Waals surface area contributed by atoms with Crippen molar-refractivity contribution < 1.29 is 9.84 Å². The molecule has 82 valence electrons. The Kier molecular flexibility index (Phi) is 3.11. The minimum absolute atomic E-state index is 0.178. The first kappa shape index (κ1) is 10.3. The number of rotatable bonds is 3. The molecular formula is C12H17NO2. The van der Waals surface area contributed by atoms with E-state index in [2.05, 4.69) is 12.2 Å². The van der Waals surface area contributed by atoms with E-state index in [1.54, 1.807) is 24.3 Å². The average molecular weight is 207 g/mol. The highest BCUT2D eigenvalue weighted by atomic mass is 16.5. The SMILES string of the molecule is CC(Oc1ccc(O)cc1)C1CCCN1. The minimum atomic E-state index is 0.178. The molecule has 1 aromatic rings. The fourth-order valence-corrected chi connectivity index (χ4v) is 1.93. The molecule has 1 aliphatic heterocycles. The number of hydrogen-bond donors (Lipinski definition) is 2. The fraction of sp³-hybridized carbons (Fsp3) is 0.500. The topological polar surface area (TPSA) is 41.5 Å². The highest BCUT2D eigenvalue weighted by Gasteiger charge is 2.21. The second kappa shape index (κ2) is 4.53. The van der Waals surface area contributed by atoms with E-state index in [4.69, 9.17) is 9.84 Å². The van der Waals surface area contributed by atoms with E-state index < -0.39 is 0 Å². The molecule has 2 rings (SSSR count). The Morgan fingerprint density at radius 2 is 2.13 bits per heavy atom. The van der Waals surface area contributed by atoms with Gasteiger partial charge in [0, 0.05) is 6.04 Å². The monoisotopic (exact) mass is 207 g/mol. The van der Waals surface area contributed by atoms with Crippen LogP contribution in [0.3, 0.4) is 0 Å². The van der Waals surface area contributed by atoms with Gasteiger partial charge in [0.15, 0.2) is 0 Å². The lowest BCUT2D eigenvalue weighted by Gasteiger charge is -2.21. The summed E-state index contributed by atoms with van der Waals surface area (Å²) in [4.78, 5) is 0. The average Bonchev–Trinajstić information content (AvgIpc) is 2.74. The summed E-state index contributed by atoms with van der Waals surface area (Å²) in [6.07, 6.45) is 2.59. The molecule has 3 nitrogen and oxygen atoms in total. The van der Waals surface area contributed by atoms with Gasteiger partial charge in [-0.15, -0.1) is 0 Å². The van der Waals surface area contributed by atoms with Gasteiger partial charge in [-0.05, 0) is 50.6 Å². The molecule has 1 fully saturated rings. The lowest BCUT2D eigenvalue weighted by Crippen LogP contribution is -2.36. The van der Waals surface area contributed by atoms with Crippen LogP contribution in [0.5, 0.6) is 11.5 Å². The first-order valence-electron chi connectivity index (χ1n) is 5.45. The zero-order valence-electron chi connectivity index (χ0n) is 8.94. The third-order valence-corrected chi connectivity index (χ3v) is 2.82. The van der Waals surface area contributed by atoms with Crippen LogP contribution in [0.4, 0.5) is 0 Å². The highest BCUT2D eigenvalue weighted by Crippen LogP contribution is 2.19. The Morgan fingerprint density at radius 1 is 1.40 bits per heavy atom. The summed E-state index contributed by atoms with van der Waals surface area (Å²) in [5.41, 5.74) is 0. The van der Waals surface area contributed by atoms with Crippen LogP contribution in [0.25, 0.3) is 0 Å². The number of nitrogens with one attached hydrogen (secondary N) is 1. The van der Waals surface area contributed by atoms with Crippen LogP contribution >= 0.6 is 0 Å². The summed E-state index contributed by atoms with van der Waals surface area (Å²) in [5.74, 6) is 1.09. The molecular weight excluding hydrogens is 190 g/mol. The van der Waals surface area contributed by atoms with Gasteiger partial charge >= 0.3 is 0 Å². The molecule has 0 radical (unpaired) electrons. The molecule has 0 aliphatic carbocycles. The summed E-state index contributed by atoms with van der Waals surface area (Å²) >= 11 is 0. The van der Waals surface area contributed by atoms with Crippen LogP contribution in [-0.4, -0.2) is 23.8 Å². The molecule has 2 atom stereocenters. The zero-order valence-corrected chi connectivity index (χ0v) is 8.94. The van der Waals surface area contributed by atoms with Crippen molar-refractivity contribution in [2.45, 2.75) is 31.9 Å². The van der Waals surface area contributed by atoms with Crippen molar-refractivity contribution in [3.63, 3.8) is 0 Å². The largest absolute Gasteiger partial charge is 0.508 e. The van der Waals surface area contributed by atoms with Crippen LogP contribution in [0, 0.1) is 0 Å². The first-order chi connectivity index (χ1) is 7.25. The quantitative estimate of drug-likeness (QED) is 0.795. The second-order valence-corrected chi connectivity index (χ2v) is 4.02. The molecule has 3 heteroatoms. The van der Waals surface area contributed by atoms with E-state index >= 15 is 0 Å². The van der Waals surface area contributed by atoms with E-state index in [0.717, 1.165) is 12.3 Å². The van der Waals surface area contributed by atoms with Crippen LogP contribution < -0.4 is 10.1 Å². The number of ether oxygens (including phenoxy) is 1. The molecule has 0 spiro atoms. The van der Waals surface area contributed by atoms with Gasteiger partial charge in [0.1, 0.15) is 17.6 Å². The van der Waals surface area contributed by atoms with Crippen molar-refractivity contribution in [3.05, 3.63) is 24.3 Å². The number of phenolic OH excluding ortho intramolecular Hbond substituents is 1. The van der Waals surface area contributed by atoms with Gasteiger partial charge in [-0.25, -0.2) is 0 Å². The standard InChI is InChI=1S/C12H17NO2/c1-9(12-3-2-8-13-12)15-11-6-4-10(14)5-7-11/h4-7,9,12-14H,2-3,8H2,1H3. The molecule has 1 saturated heterocycles. The molecule has 0 saturated carbocycles. The summed E-state index contributed by atoms with van der Waals surface area (Å²) < 4.78 is 5.78. The van der Waals surface area contributed by atoms with Gasteiger partial charge in [0.2, 0.25) is 0 Å². The predicted molar refractivity (Wildman–Crippen MR) is 59.2 cm³/mol. The van der Waals surface area contributed by atoms with Crippen molar-refractivity contribution in [2.24, 2.45) is 0 Å². The zero-order chi connectivity index (χ0) is 10.7. The van der Waals surface area contributed by atoms with Crippen molar-refractivity contribution in [3.8, 4) is 11.5 Å². The second-order valence-electron chi connectivity index (χ2n) is 4.02. The summed E-state index contributed by atoms with van der Waals surface area (Å²) in [7, 11) is 0. The smallest absolute Gasteiger partial charge is 0.120 e. The molecule has 1 heterocycles. The molecule has 1 aliphatic rings. The third kappa shape index (κ3) is 2.63. The summed E-state index contributed by atoms with van der Waals surface area (Å²) in [6.45, 7) is 3.17. The molecule has 15 heavy (non-hydrogen) atoms. The minimum Gasteiger partial charge on any atom is -0.508 e. The maximum absolute atomic E-state index is 9.13. The highest BCUT2D eigenvalue weighted by molar-refractivity contribution is 5.30. The summed E-state index contributed by atoms with van der Waals surface area (Å²) in [5, 5.41) is 12.5. The normalized spacial score (nSPS) is 22.6. The number of hydrogen-bond acceptors (Lipinski definition) is 3. The lowest BCUT2D eigenvalue weighted by molar-refractivity contribution is 0.180. The number of benzene rings is 1. The molecule has 0 amide bonds. The Bertz CT molecular complexity index is 304. The van der Waals surface area contributed by atoms with Crippen LogP contribution in [-0.2, 0) is 0 Å². The predicted octanol–water partition coefficient (Wildman–Crippen LogP) is 1.91. The Labute approximate surface area is 90.1 Å². The van der Waals surface area contributed by atoms with E-state index in [9.17, 15) is 0 Å². The maximum atomic E-state index is 9.13. The Morgan fingerprint density at radius 3 is 2.73 bits per heavy atom. The number of aromatic hydroxyl groups is 1. The fourth-order valence-electron chi connectivity index (χ4n) is 1.93. The maximum Gasteiger partial charge on any atom is 0.120 e. The van der Waals surface area contributed by atoms with Crippen LogP contribution in [0.1, 0.15) is 19.8 Å². The van der Waals surface area contributed by atoms with E-state index in [0.29, 0.717) is 6.04 Å². The van der Waals surface area contributed by atoms with Gasteiger partial charge in [0.25, 0.3) is 0 Å². The van der Waals surface area contributed by atoms with E-state index in [1.165, 1.54) is 12.8 Å². The van der Waals surface area contributed by atoms with Crippen molar-refractivity contribution in [1.29, 1.82) is 0 Å². The Hall–Kier alpha value is -1.22. The van der Waals surface area contributed by atoms with Gasteiger partial charge in [-0.2, -0.15) is 0 Å². The van der Waals surface area contributed by atoms with Gasteiger partial charge in [-0.1, -0.05) is 0 Å². The first-order valence-corrected chi connectivity index (χ1v) is 5.45. The van der Waals surface area contributed by atoms with Gasteiger partial charge in [0.05, 0.1) is 0 Å².